The second-order valence-corrected chi connectivity index (χ2v) is 7.46. The Morgan fingerprint density at radius 1 is 1.21 bits per heavy atom. The molecule has 0 bridgehead atoms. The molecule has 1 aromatic heterocycles. The normalized spacial score (nSPS) is 11.7. The van der Waals surface area contributed by atoms with Gasteiger partial charge in [-0.3, -0.25) is 9.59 Å². The minimum Gasteiger partial charge on any atom is -0.460 e. The van der Waals surface area contributed by atoms with Gasteiger partial charge in [0.1, 0.15) is 17.6 Å². The highest BCUT2D eigenvalue weighted by Crippen LogP contribution is 2.33. The van der Waals surface area contributed by atoms with Crippen molar-refractivity contribution >= 4 is 34.1 Å². The molecule has 1 aromatic carbocycles. The summed E-state index contributed by atoms with van der Waals surface area (Å²) >= 11 is 0.968. The summed E-state index contributed by atoms with van der Waals surface area (Å²) in [7, 11) is 1.49. The fraction of sp³-hybridized carbons (Fsp3) is 0.350. The van der Waals surface area contributed by atoms with E-state index < -0.39 is 11.9 Å². The maximum absolute atomic E-state index is 12.4. The second kappa shape index (κ2) is 10.7. The minimum absolute atomic E-state index is 0.0618. The highest BCUT2D eigenvalue weighted by atomic mass is 32.1. The first-order valence-corrected chi connectivity index (χ1v) is 9.94. The number of anilines is 1. The Bertz CT molecular complexity index is 867. The van der Waals surface area contributed by atoms with Crippen LogP contribution in [0, 0.1) is 6.92 Å². The van der Waals surface area contributed by atoms with Crippen molar-refractivity contribution in [3.63, 3.8) is 0 Å². The van der Waals surface area contributed by atoms with Crippen molar-refractivity contribution in [3.8, 4) is 0 Å². The van der Waals surface area contributed by atoms with Crippen LogP contribution in [0.2, 0.25) is 0 Å². The van der Waals surface area contributed by atoms with Gasteiger partial charge >= 0.3 is 5.97 Å². The van der Waals surface area contributed by atoms with Crippen LogP contribution in [0.5, 0.6) is 0 Å². The molecule has 9 heteroatoms. The molecule has 0 saturated heterocycles. The minimum atomic E-state index is -0.664. The molecule has 0 aliphatic rings. The number of amides is 2. The largest absolute Gasteiger partial charge is 0.460 e. The molecule has 0 aliphatic heterocycles. The Labute approximate surface area is 173 Å². The monoisotopic (exact) mass is 420 g/mol. The molecule has 0 radical (unpaired) electrons. The van der Waals surface area contributed by atoms with Gasteiger partial charge in [0.15, 0.2) is 6.54 Å². The van der Waals surface area contributed by atoms with Crippen molar-refractivity contribution in [2.45, 2.75) is 19.9 Å². The van der Waals surface area contributed by atoms with E-state index in [1.54, 1.807) is 6.92 Å². The van der Waals surface area contributed by atoms with Crippen molar-refractivity contribution in [2.24, 2.45) is 5.73 Å². The topological polar surface area (TPSA) is 124 Å². The predicted octanol–water partition coefficient (Wildman–Crippen LogP) is 1.22. The van der Waals surface area contributed by atoms with Crippen molar-refractivity contribution < 1.29 is 29.2 Å². The molecule has 2 aromatic rings. The number of rotatable bonds is 10. The van der Waals surface area contributed by atoms with Gasteiger partial charge in [-0.25, -0.2) is 4.79 Å². The zero-order valence-electron chi connectivity index (χ0n) is 16.7. The Kier molecular flexibility index (Phi) is 8.32. The van der Waals surface area contributed by atoms with Gasteiger partial charge < -0.3 is 25.8 Å². The molecule has 0 spiro atoms. The number of carbonyl (C=O) groups is 3. The van der Waals surface area contributed by atoms with Gasteiger partial charge in [0.25, 0.3) is 11.8 Å². The Morgan fingerprint density at radius 3 is 2.52 bits per heavy atom. The third kappa shape index (κ3) is 6.11. The van der Waals surface area contributed by atoms with Gasteiger partial charge in [-0.05, 0) is 19.4 Å². The van der Waals surface area contributed by atoms with Gasteiger partial charge in [-0.2, -0.15) is 0 Å². The number of primary amides is 1. The van der Waals surface area contributed by atoms with Crippen LogP contribution < -0.4 is 16.4 Å². The van der Waals surface area contributed by atoms with Crippen LogP contribution in [0.15, 0.2) is 30.3 Å². The summed E-state index contributed by atoms with van der Waals surface area (Å²) in [4.78, 5) is 36.8. The van der Waals surface area contributed by atoms with Crippen molar-refractivity contribution in [2.75, 3.05) is 32.2 Å². The Morgan fingerprint density at radius 2 is 1.90 bits per heavy atom. The molecule has 1 atom stereocenters. The van der Waals surface area contributed by atoms with Crippen LogP contribution in [0.3, 0.4) is 0 Å². The molecular weight excluding hydrogens is 394 g/mol. The molecule has 0 fully saturated rings. The molecule has 2 amide bonds. The number of methoxy groups -OCH3 is 1. The molecule has 0 saturated carbocycles. The summed E-state index contributed by atoms with van der Waals surface area (Å²) in [5.41, 5.74) is 7.03. The summed E-state index contributed by atoms with van der Waals surface area (Å²) < 4.78 is 10.0. The van der Waals surface area contributed by atoms with Crippen molar-refractivity contribution in [1.82, 2.24) is 0 Å². The van der Waals surface area contributed by atoms with Gasteiger partial charge in [0.2, 0.25) is 0 Å². The van der Waals surface area contributed by atoms with Crippen LogP contribution in [0.1, 0.15) is 44.1 Å². The number of hydrogen-bond acceptors (Lipinski definition) is 6. The Hall–Kier alpha value is -2.75. The number of nitrogens with two attached hydrogens (primary N) is 2. The van der Waals surface area contributed by atoms with Crippen molar-refractivity contribution in [1.29, 1.82) is 0 Å². The maximum atomic E-state index is 12.4. The van der Waals surface area contributed by atoms with E-state index in [9.17, 15) is 14.4 Å². The van der Waals surface area contributed by atoms with Gasteiger partial charge in [-0.15, -0.1) is 11.3 Å². The Balaban J connectivity index is 2.09. The van der Waals surface area contributed by atoms with Gasteiger partial charge in [0.05, 0.1) is 17.0 Å². The number of benzene rings is 1. The zero-order chi connectivity index (χ0) is 21.4. The molecular formula is C20H26N3O5S+. The first-order chi connectivity index (χ1) is 13.8. The molecule has 0 aliphatic carbocycles. The molecule has 0 unspecified atom stereocenters. The summed E-state index contributed by atoms with van der Waals surface area (Å²) in [5, 5.41) is 4.85. The lowest BCUT2D eigenvalue weighted by molar-refractivity contribution is -0.682. The average molecular weight is 421 g/mol. The van der Waals surface area contributed by atoms with Gasteiger partial charge in [-0.1, -0.05) is 30.3 Å². The maximum Gasteiger partial charge on any atom is 0.341 e. The van der Waals surface area contributed by atoms with E-state index in [4.69, 9.17) is 15.2 Å². The zero-order valence-corrected chi connectivity index (χ0v) is 17.5. The number of quaternary nitrogens is 1. The van der Waals surface area contributed by atoms with E-state index in [-0.39, 0.29) is 47.1 Å². The van der Waals surface area contributed by atoms with E-state index in [2.05, 4.69) is 5.32 Å². The van der Waals surface area contributed by atoms with E-state index in [0.717, 1.165) is 16.9 Å². The number of hydrogen-bond donors (Lipinski definition) is 3. The van der Waals surface area contributed by atoms with Crippen LogP contribution in [-0.4, -0.2) is 44.7 Å². The first-order valence-electron chi connectivity index (χ1n) is 9.12. The van der Waals surface area contributed by atoms with E-state index in [0.29, 0.717) is 5.56 Å². The van der Waals surface area contributed by atoms with Crippen LogP contribution in [0.25, 0.3) is 0 Å². The lowest BCUT2D eigenvalue weighted by Gasteiger charge is -2.11. The molecule has 1 heterocycles. The van der Waals surface area contributed by atoms with E-state index >= 15 is 0 Å². The summed E-state index contributed by atoms with van der Waals surface area (Å²) in [6.45, 7) is 4.06. The summed E-state index contributed by atoms with van der Waals surface area (Å²) in [6, 6.07) is 9.91. The third-order valence-electron chi connectivity index (χ3n) is 4.33. The molecule has 156 valence electrons. The number of ether oxygens (including phenoxy) is 2. The van der Waals surface area contributed by atoms with Crippen molar-refractivity contribution in [3.05, 3.63) is 51.9 Å². The fourth-order valence-electron chi connectivity index (χ4n) is 2.73. The average Bonchev–Trinajstić information content (AvgIpc) is 3.03. The quantitative estimate of drug-likeness (QED) is 0.394. The smallest absolute Gasteiger partial charge is 0.341 e. The molecule has 8 nitrogen and oxygen atoms in total. The fourth-order valence-corrected chi connectivity index (χ4v) is 3.79. The number of carbonyl (C=O) groups excluding carboxylic acids is 3. The standard InChI is InChI=1S/C20H25N3O5S/c1-12-16(20(26)28-10-9-27-3)19(29-17(12)18(21)25)23-15(24)11-22-13(2)14-7-5-4-6-8-14/h4-8,13,22H,9-11H2,1-3H3,(H2,21,25)(H,23,24)/p+1/t13-/m0/s1. The predicted molar refractivity (Wildman–Crippen MR) is 110 cm³/mol. The molecule has 29 heavy (non-hydrogen) atoms. The molecule has 2 rings (SSSR count). The second-order valence-electron chi connectivity index (χ2n) is 6.44. The number of esters is 1. The lowest BCUT2D eigenvalue weighted by atomic mass is 10.1. The highest BCUT2D eigenvalue weighted by Gasteiger charge is 2.26. The molecule has 5 N–H and O–H groups in total. The van der Waals surface area contributed by atoms with Crippen LogP contribution in [-0.2, 0) is 14.3 Å². The van der Waals surface area contributed by atoms with E-state index in [1.807, 2.05) is 42.6 Å². The third-order valence-corrected chi connectivity index (χ3v) is 5.55. The SMILES string of the molecule is COCCOC(=O)c1c(NC(=O)C[NH2+][C@@H](C)c2ccccc2)sc(C(N)=O)c1C. The highest BCUT2D eigenvalue weighted by molar-refractivity contribution is 7.18. The number of nitrogens with one attached hydrogen (secondary N) is 1. The summed E-state index contributed by atoms with van der Waals surface area (Å²) in [6.07, 6.45) is 0. The van der Waals surface area contributed by atoms with Crippen LogP contribution >= 0.6 is 11.3 Å². The summed E-state index contributed by atoms with van der Waals surface area (Å²) in [5.74, 6) is -1.60. The van der Waals surface area contributed by atoms with E-state index in [1.165, 1.54) is 7.11 Å². The van der Waals surface area contributed by atoms with Crippen LogP contribution in [0.4, 0.5) is 5.00 Å². The van der Waals surface area contributed by atoms with Gasteiger partial charge in [0, 0.05) is 12.7 Å². The number of thiophene rings is 1. The first kappa shape index (κ1) is 22.5. The lowest BCUT2D eigenvalue weighted by Crippen LogP contribution is -2.86.